The fourth-order valence-electron chi connectivity index (χ4n) is 3.26. The van der Waals surface area contributed by atoms with Gasteiger partial charge in [-0.2, -0.15) is 0 Å². The van der Waals surface area contributed by atoms with E-state index in [0.717, 1.165) is 19.0 Å². The fraction of sp³-hybridized carbons (Fsp3) is 1.00. The molecule has 0 aromatic carbocycles. The van der Waals surface area contributed by atoms with E-state index in [4.69, 9.17) is 5.73 Å². The molecule has 0 heterocycles. The van der Waals surface area contributed by atoms with Gasteiger partial charge in [0, 0.05) is 12.1 Å². The maximum Gasteiger partial charge on any atom is 0.0357 e. The molecule has 1 aliphatic rings. The van der Waals surface area contributed by atoms with Crippen LogP contribution >= 0.6 is 0 Å². The molecule has 0 radical (unpaired) electrons. The lowest BCUT2D eigenvalue weighted by Crippen LogP contribution is -2.59. The molecular weight excluding hydrogens is 184 g/mol. The van der Waals surface area contributed by atoms with Gasteiger partial charge in [0.2, 0.25) is 0 Å². The predicted molar refractivity (Wildman–Crippen MR) is 67.0 cm³/mol. The topological polar surface area (TPSA) is 29.3 Å². The van der Waals surface area contributed by atoms with E-state index >= 15 is 0 Å². The lowest BCUT2D eigenvalue weighted by molar-refractivity contribution is 0.0170. The summed E-state index contributed by atoms with van der Waals surface area (Å²) in [6.07, 6.45) is 6.66. The van der Waals surface area contributed by atoms with Gasteiger partial charge >= 0.3 is 0 Å². The van der Waals surface area contributed by atoms with E-state index < -0.39 is 0 Å². The molecule has 1 rings (SSSR count). The maximum absolute atomic E-state index is 6.09. The van der Waals surface area contributed by atoms with Crippen LogP contribution in [0.4, 0.5) is 0 Å². The first kappa shape index (κ1) is 13.0. The van der Waals surface area contributed by atoms with Crippen LogP contribution in [0, 0.1) is 5.92 Å². The highest BCUT2D eigenvalue weighted by molar-refractivity contribution is 4.97. The zero-order chi connectivity index (χ0) is 11.3. The third-order valence-electron chi connectivity index (χ3n) is 4.27. The molecule has 1 fully saturated rings. The number of rotatable bonds is 5. The van der Waals surface area contributed by atoms with Crippen LogP contribution in [0.2, 0.25) is 0 Å². The monoisotopic (exact) mass is 212 g/mol. The Bertz CT molecular complexity index is 181. The first-order valence-electron chi connectivity index (χ1n) is 6.66. The molecule has 0 aromatic heterocycles. The Hall–Kier alpha value is -0.0800. The molecule has 0 aromatic rings. The van der Waals surface area contributed by atoms with E-state index in [1.165, 1.54) is 38.6 Å². The zero-order valence-corrected chi connectivity index (χ0v) is 10.8. The first-order chi connectivity index (χ1) is 7.21. The van der Waals surface area contributed by atoms with E-state index in [-0.39, 0.29) is 0 Å². The average Bonchev–Trinajstić information content (AvgIpc) is 2.27. The van der Waals surface area contributed by atoms with Crippen molar-refractivity contribution in [2.75, 3.05) is 19.6 Å². The van der Waals surface area contributed by atoms with Crippen molar-refractivity contribution in [3.05, 3.63) is 0 Å². The zero-order valence-electron chi connectivity index (χ0n) is 10.8. The van der Waals surface area contributed by atoms with Crippen LogP contribution in [0.15, 0.2) is 0 Å². The Labute approximate surface area is 95.2 Å². The summed E-state index contributed by atoms with van der Waals surface area (Å²) in [5.41, 5.74) is 6.40. The first-order valence-corrected chi connectivity index (χ1v) is 6.66. The van der Waals surface area contributed by atoms with Crippen LogP contribution in [-0.2, 0) is 0 Å². The molecule has 90 valence electrons. The Morgan fingerprint density at radius 1 is 1.33 bits per heavy atom. The van der Waals surface area contributed by atoms with Crippen LogP contribution in [0.1, 0.15) is 52.9 Å². The van der Waals surface area contributed by atoms with Crippen LogP contribution in [-0.4, -0.2) is 30.1 Å². The van der Waals surface area contributed by atoms with Crippen molar-refractivity contribution in [2.45, 2.75) is 58.4 Å². The third kappa shape index (κ3) is 2.54. The van der Waals surface area contributed by atoms with Crippen molar-refractivity contribution in [3.8, 4) is 0 Å². The van der Waals surface area contributed by atoms with Crippen molar-refractivity contribution in [1.29, 1.82) is 0 Å². The molecule has 2 N–H and O–H groups in total. The number of nitrogens with zero attached hydrogens (tertiary/aromatic N) is 1. The van der Waals surface area contributed by atoms with Gasteiger partial charge < -0.3 is 5.73 Å². The second kappa shape index (κ2) is 5.86. The summed E-state index contributed by atoms with van der Waals surface area (Å²) in [6.45, 7) is 10.1. The summed E-state index contributed by atoms with van der Waals surface area (Å²) in [4.78, 5) is 2.64. The second-order valence-corrected chi connectivity index (χ2v) is 5.03. The molecule has 2 nitrogen and oxygen atoms in total. The molecule has 0 aliphatic heterocycles. The van der Waals surface area contributed by atoms with Crippen molar-refractivity contribution in [3.63, 3.8) is 0 Å². The van der Waals surface area contributed by atoms with Crippen LogP contribution < -0.4 is 5.73 Å². The van der Waals surface area contributed by atoms with Crippen molar-refractivity contribution in [2.24, 2.45) is 11.7 Å². The molecule has 0 amide bonds. The van der Waals surface area contributed by atoms with E-state index in [1.807, 2.05) is 0 Å². The summed E-state index contributed by atoms with van der Waals surface area (Å²) in [5.74, 6) is 0.766. The Morgan fingerprint density at radius 3 is 2.53 bits per heavy atom. The lowest BCUT2D eigenvalue weighted by atomic mass is 9.72. The van der Waals surface area contributed by atoms with Gasteiger partial charge in [0.15, 0.2) is 0 Å². The van der Waals surface area contributed by atoms with Gasteiger partial charge in [-0.3, -0.25) is 4.90 Å². The van der Waals surface area contributed by atoms with Crippen molar-refractivity contribution >= 4 is 0 Å². The normalized spacial score (nSPS) is 32.2. The number of likely N-dealkylation sites (N-methyl/N-ethyl adjacent to an activating group) is 1. The molecule has 1 saturated carbocycles. The van der Waals surface area contributed by atoms with E-state index in [9.17, 15) is 0 Å². The minimum absolute atomic E-state index is 0.309. The summed E-state index contributed by atoms with van der Waals surface area (Å²) in [6, 6.07) is 0. The predicted octanol–water partition coefficient (Wildman–Crippen LogP) is 2.63. The maximum atomic E-state index is 6.09. The SMILES string of the molecule is CCCN(CC)C1(CN)CCCCC1C. The Morgan fingerprint density at radius 2 is 2.07 bits per heavy atom. The highest BCUT2D eigenvalue weighted by Gasteiger charge is 2.40. The van der Waals surface area contributed by atoms with Crippen molar-refractivity contribution in [1.82, 2.24) is 4.90 Å². The third-order valence-corrected chi connectivity index (χ3v) is 4.27. The average molecular weight is 212 g/mol. The smallest absolute Gasteiger partial charge is 0.0357 e. The Balaban J connectivity index is 2.78. The van der Waals surface area contributed by atoms with Gasteiger partial charge in [0.05, 0.1) is 0 Å². The lowest BCUT2D eigenvalue weighted by Gasteiger charge is -2.50. The highest BCUT2D eigenvalue weighted by atomic mass is 15.2. The standard InChI is InChI=1S/C13H28N2/c1-4-10-15(5-2)13(11-14)9-7-6-8-12(13)3/h12H,4-11,14H2,1-3H3. The Kier molecular flexibility index (Phi) is 5.07. The molecule has 0 bridgehead atoms. The molecule has 1 aliphatic carbocycles. The van der Waals surface area contributed by atoms with Gasteiger partial charge in [-0.15, -0.1) is 0 Å². The van der Waals surface area contributed by atoms with E-state index in [1.54, 1.807) is 0 Å². The molecule has 2 unspecified atom stereocenters. The van der Waals surface area contributed by atoms with Crippen LogP contribution in [0.3, 0.4) is 0 Å². The quantitative estimate of drug-likeness (QED) is 0.759. The largest absolute Gasteiger partial charge is 0.329 e. The van der Waals surface area contributed by atoms with Gasteiger partial charge in [-0.05, 0) is 38.3 Å². The summed E-state index contributed by atoms with van der Waals surface area (Å²) >= 11 is 0. The minimum atomic E-state index is 0.309. The van der Waals surface area contributed by atoms with Gasteiger partial charge in [-0.1, -0.05) is 33.6 Å². The van der Waals surface area contributed by atoms with E-state index in [0.29, 0.717) is 5.54 Å². The number of hydrogen-bond acceptors (Lipinski definition) is 2. The minimum Gasteiger partial charge on any atom is -0.329 e. The summed E-state index contributed by atoms with van der Waals surface area (Å²) < 4.78 is 0. The molecule has 0 saturated heterocycles. The number of hydrogen-bond donors (Lipinski definition) is 1. The van der Waals surface area contributed by atoms with E-state index in [2.05, 4.69) is 25.7 Å². The van der Waals surface area contributed by atoms with Gasteiger partial charge in [0.25, 0.3) is 0 Å². The summed E-state index contributed by atoms with van der Waals surface area (Å²) in [5, 5.41) is 0. The molecular formula is C13H28N2. The number of nitrogens with two attached hydrogens (primary N) is 1. The highest BCUT2D eigenvalue weighted by Crippen LogP contribution is 2.37. The fourth-order valence-corrected chi connectivity index (χ4v) is 3.26. The van der Waals surface area contributed by atoms with Crippen LogP contribution in [0.25, 0.3) is 0 Å². The summed E-state index contributed by atoms with van der Waals surface area (Å²) in [7, 11) is 0. The molecule has 2 atom stereocenters. The van der Waals surface area contributed by atoms with Gasteiger partial charge in [0.1, 0.15) is 0 Å². The second-order valence-electron chi connectivity index (χ2n) is 5.03. The van der Waals surface area contributed by atoms with Crippen molar-refractivity contribution < 1.29 is 0 Å². The van der Waals surface area contributed by atoms with Gasteiger partial charge in [-0.25, -0.2) is 0 Å². The molecule has 0 spiro atoms. The van der Waals surface area contributed by atoms with Crippen LogP contribution in [0.5, 0.6) is 0 Å². The molecule has 15 heavy (non-hydrogen) atoms. The molecule has 2 heteroatoms.